The zero-order valence-electron chi connectivity index (χ0n) is 24.3. The average molecular weight is 634 g/mol. The van der Waals surface area contributed by atoms with E-state index in [4.69, 9.17) is 27.9 Å². The number of hydrogen-bond donors (Lipinski definition) is 3. The number of aliphatic hydroxyl groups is 1. The Labute approximate surface area is 258 Å². The van der Waals surface area contributed by atoms with Gasteiger partial charge >= 0.3 is 6.09 Å². The fourth-order valence-corrected chi connectivity index (χ4v) is 7.74. The highest BCUT2D eigenvalue weighted by Crippen LogP contribution is 2.49. The van der Waals surface area contributed by atoms with Crippen molar-refractivity contribution in [1.29, 1.82) is 0 Å². The monoisotopic (exact) mass is 632 g/mol. The summed E-state index contributed by atoms with van der Waals surface area (Å²) >= 11 is 12.2. The third-order valence-corrected chi connectivity index (χ3v) is 10.5. The molecule has 0 fully saturated rings. The van der Waals surface area contributed by atoms with Crippen LogP contribution in [0.2, 0.25) is 10.0 Å². The van der Waals surface area contributed by atoms with Gasteiger partial charge in [0.25, 0.3) is 0 Å². The van der Waals surface area contributed by atoms with Crippen molar-refractivity contribution >= 4 is 53.0 Å². The molecule has 0 saturated carbocycles. The van der Waals surface area contributed by atoms with Crippen LogP contribution in [0, 0.1) is 11.8 Å². The Hall–Kier alpha value is -2.83. The molecule has 3 rings (SSSR count). The average Bonchev–Trinajstić information content (AvgIpc) is 2.95. The molecule has 0 radical (unpaired) electrons. The van der Waals surface area contributed by atoms with Gasteiger partial charge in [-0.05, 0) is 78.8 Å². The molecule has 0 saturated heterocycles. The van der Waals surface area contributed by atoms with Crippen molar-refractivity contribution in [2.45, 2.75) is 65.1 Å². The summed E-state index contributed by atoms with van der Waals surface area (Å²) < 4.78 is 20.3. The summed E-state index contributed by atoms with van der Waals surface area (Å²) in [6.07, 6.45) is -0.0538. The maximum atomic E-state index is 14.9. The smallest absolute Gasteiger partial charge is 0.408 e. The Morgan fingerprint density at radius 2 is 1.29 bits per heavy atom. The first-order valence-corrected chi connectivity index (χ1v) is 16.5. The predicted octanol–water partition coefficient (Wildman–Crippen LogP) is 6.50. The van der Waals surface area contributed by atoms with E-state index in [2.05, 4.69) is 10.6 Å². The Morgan fingerprint density at radius 1 is 0.786 bits per heavy atom. The first-order chi connectivity index (χ1) is 19.9. The van der Waals surface area contributed by atoms with E-state index < -0.39 is 37.1 Å². The second kappa shape index (κ2) is 15.6. The van der Waals surface area contributed by atoms with Gasteiger partial charge < -0.3 is 25.0 Å². The summed E-state index contributed by atoms with van der Waals surface area (Å²) in [6, 6.07) is 20.4. The van der Waals surface area contributed by atoms with E-state index in [0.29, 0.717) is 33.5 Å². The topological polar surface area (TPSA) is 105 Å². The first-order valence-electron chi connectivity index (χ1n) is 14.0. The van der Waals surface area contributed by atoms with Gasteiger partial charge in [0.2, 0.25) is 5.91 Å². The van der Waals surface area contributed by atoms with E-state index in [-0.39, 0.29) is 18.4 Å². The first kappa shape index (κ1) is 33.7. The lowest BCUT2D eigenvalue weighted by Crippen LogP contribution is -2.54. The molecule has 2 amide bonds. The highest BCUT2D eigenvalue weighted by atomic mass is 35.5. The molecule has 0 aliphatic heterocycles. The molecular weight excluding hydrogens is 594 g/mol. The summed E-state index contributed by atoms with van der Waals surface area (Å²) in [6.45, 7) is 7.83. The van der Waals surface area contributed by atoms with Crippen LogP contribution in [0.4, 0.5) is 4.79 Å². The minimum absolute atomic E-state index is 0.0428. The van der Waals surface area contributed by atoms with E-state index in [1.54, 1.807) is 48.5 Å². The van der Waals surface area contributed by atoms with Gasteiger partial charge in [0.1, 0.15) is 18.5 Å². The molecule has 7 nitrogen and oxygen atoms in total. The van der Waals surface area contributed by atoms with E-state index in [1.165, 1.54) is 0 Å². The minimum Gasteiger partial charge on any atom is -0.445 e. The molecule has 0 aliphatic rings. The largest absolute Gasteiger partial charge is 0.445 e. The van der Waals surface area contributed by atoms with Crippen LogP contribution in [0.15, 0.2) is 78.9 Å². The SMILES string of the molecule is CC(C)C[C@H](NC(=O)OCc1ccccc1)C(=O)N[C@@H](CC(C)C)C(O)P(=O)(c1ccc(Cl)cc1)c1ccc(Cl)cc1. The lowest BCUT2D eigenvalue weighted by atomic mass is 10.0. The molecule has 3 aromatic rings. The van der Waals surface area contributed by atoms with Crippen LogP contribution < -0.4 is 21.2 Å². The number of hydrogen-bond acceptors (Lipinski definition) is 5. The Balaban J connectivity index is 1.89. The van der Waals surface area contributed by atoms with E-state index in [9.17, 15) is 19.3 Å². The number of aliphatic hydroxyl groups excluding tert-OH is 1. The van der Waals surface area contributed by atoms with Crippen molar-refractivity contribution in [3.05, 3.63) is 94.5 Å². The van der Waals surface area contributed by atoms with E-state index in [0.717, 1.165) is 5.56 Å². The molecular formula is C32H39Cl2N2O5P. The molecule has 0 aliphatic carbocycles. The predicted molar refractivity (Wildman–Crippen MR) is 170 cm³/mol. The van der Waals surface area contributed by atoms with Crippen molar-refractivity contribution in [2.75, 3.05) is 0 Å². The molecule has 3 aromatic carbocycles. The number of carbonyl (C=O) groups is 2. The van der Waals surface area contributed by atoms with Crippen molar-refractivity contribution in [3.8, 4) is 0 Å². The van der Waals surface area contributed by atoms with Gasteiger partial charge in [-0.1, -0.05) is 81.2 Å². The summed E-state index contributed by atoms with van der Waals surface area (Å²) in [5.74, 6) is -1.86. The lowest BCUT2D eigenvalue weighted by Gasteiger charge is -2.33. The van der Waals surface area contributed by atoms with Crippen molar-refractivity contribution in [1.82, 2.24) is 10.6 Å². The number of carbonyl (C=O) groups excluding carboxylic acids is 2. The summed E-state index contributed by atoms with van der Waals surface area (Å²) in [4.78, 5) is 26.3. The number of alkyl carbamates (subject to hydrolysis) is 1. The zero-order chi connectivity index (χ0) is 30.9. The highest BCUT2D eigenvalue weighted by Gasteiger charge is 2.42. The van der Waals surface area contributed by atoms with Crippen LogP contribution in [-0.2, 0) is 20.7 Å². The Kier molecular flexibility index (Phi) is 12.5. The normalized spacial score (nSPS) is 13.8. The zero-order valence-corrected chi connectivity index (χ0v) is 26.7. The highest BCUT2D eigenvalue weighted by molar-refractivity contribution is 7.79. The van der Waals surface area contributed by atoms with Gasteiger partial charge in [-0.25, -0.2) is 4.79 Å². The fourth-order valence-electron chi connectivity index (χ4n) is 4.69. The van der Waals surface area contributed by atoms with Crippen LogP contribution in [0.3, 0.4) is 0 Å². The molecule has 3 N–H and O–H groups in total. The molecule has 0 heterocycles. The molecule has 1 unspecified atom stereocenters. The number of rotatable bonds is 13. The molecule has 10 heteroatoms. The standard InChI is InChI=1S/C32H39Cl2N2O5P/c1-21(2)18-28(36-32(39)41-20-23-8-6-5-7-9-23)30(37)35-29(19-22(3)4)31(38)42(40,26-14-10-24(33)11-15-26)27-16-12-25(34)13-17-27/h5-17,21-22,28-29,31,38H,18-20H2,1-4H3,(H,35,37)(H,36,39)/t28-,29-,31?/m0/s1. The molecule has 0 bridgehead atoms. The van der Waals surface area contributed by atoms with Crippen LogP contribution in [0.5, 0.6) is 0 Å². The number of halogens is 2. The summed E-state index contributed by atoms with van der Waals surface area (Å²) in [5.41, 5.74) is 0.817. The summed E-state index contributed by atoms with van der Waals surface area (Å²) in [7, 11) is -3.74. The van der Waals surface area contributed by atoms with Gasteiger partial charge in [-0.3, -0.25) is 4.79 Å². The van der Waals surface area contributed by atoms with E-state index >= 15 is 0 Å². The van der Waals surface area contributed by atoms with Gasteiger partial charge in [0, 0.05) is 20.7 Å². The molecule has 42 heavy (non-hydrogen) atoms. The number of amides is 2. The van der Waals surface area contributed by atoms with Crippen LogP contribution in [-0.4, -0.2) is 35.0 Å². The van der Waals surface area contributed by atoms with Gasteiger partial charge in [-0.15, -0.1) is 0 Å². The summed E-state index contributed by atoms with van der Waals surface area (Å²) in [5, 5.41) is 19.2. The van der Waals surface area contributed by atoms with Crippen molar-refractivity contribution < 1.29 is 24.0 Å². The maximum Gasteiger partial charge on any atom is 0.408 e. The third kappa shape index (κ3) is 9.34. The number of ether oxygens (including phenoxy) is 1. The fraction of sp³-hybridized carbons (Fsp3) is 0.375. The Bertz CT molecular complexity index is 1300. The number of nitrogens with one attached hydrogen (secondary N) is 2. The molecule has 0 aromatic heterocycles. The Morgan fingerprint density at radius 3 is 1.76 bits per heavy atom. The lowest BCUT2D eigenvalue weighted by molar-refractivity contribution is -0.124. The molecule has 3 atom stereocenters. The van der Waals surface area contributed by atoms with Gasteiger partial charge in [0.05, 0.1) is 6.04 Å². The van der Waals surface area contributed by atoms with Crippen LogP contribution in [0.1, 0.15) is 46.1 Å². The number of benzene rings is 3. The quantitative estimate of drug-likeness (QED) is 0.187. The van der Waals surface area contributed by atoms with Gasteiger partial charge in [0.15, 0.2) is 7.14 Å². The molecule has 226 valence electrons. The minimum atomic E-state index is -3.74. The second-order valence-electron chi connectivity index (χ2n) is 11.2. The third-order valence-electron chi connectivity index (χ3n) is 6.73. The second-order valence-corrected chi connectivity index (χ2v) is 14.9. The van der Waals surface area contributed by atoms with E-state index in [1.807, 2.05) is 58.0 Å². The molecule has 0 spiro atoms. The van der Waals surface area contributed by atoms with Crippen LogP contribution in [0.25, 0.3) is 0 Å². The van der Waals surface area contributed by atoms with Gasteiger partial charge in [-0.2, -0.15) is 0 Å². The van der Waals surface area contributed by atoms with Crippen molar-refractivity contribution in [3.63, 3.8) is 0 Å². The van der Waals surface area contributed by atoms with Crippen LogP contribution >= 0.6 is 30.3 Å². The van der Waals surface area contributed by atoms with Crippen molar-refractivity contribution in [2.24, 2.45) is 11.8 Å². The maximum absolute atomic E-state index is 14.9.